The summed E-state index contributed by atoms with van der Waals surface area (Å²) in [4.78, 5) is 4.42. The Morgan fingerprint density at radius 3 is 3.20 bits per heavy atom. The Kier molecular flexibility index (Phi) is 4.02. The van der Waals surface area contributed by atoms with E-state index in [0.29, 0.717) is 12.5 Å². The van der Waals surface area contributed by atoms with Gasteiger partial charge >= 0.3 is 0 Å². The monoisotopic (exact) mass is 227 g/mol. The van der Waals surface area contributed by atoms with Gasteiger partial charge in [-0.2, -0.15) is 16.7 Å². The Balaban J connectivity index is 1.93. The van der Waals surface area contributed by atoms with Gasteiger partial charge in [0.25, 0.3) is 0 Å². The zero-order chi connectivity index (χ0) is 10.5. The van der Waals surface area contributed by atoms with Crippen molar-refractivity contribution in [3.05, 3.63) is 11.7 Å². The number of thioether (sulfide) groups is 1. The third-order valence-electron chi connectivity index (χ3n) is 2.60. The first-order chi connectivity index (χ1) is 7.40. The standard InChI is InChI=1S/C10H17N3OS/c11-5-1-4-9-12-10(13-14-9)8-3-2-6-15-7-8/h8H,1-7,11H2. The van der Waals surface area contributed by atoms with Crippen LogP contribution in [0.15, 0.2) is 4.52 Å². The maximum absolute atomic E-state index is 5.43. The molecule has 4 nitrogen and oxygen atoms in total. The highest BCUT2D eigenvalue weighted by Gasteiger charge is 2.20. The minimum absolute atomic E-state index is 0.499. The summed E-state index contributed by atoms with van der Waals surface area (Å²) in [6.45, 7) is 0.678. The molecule has 1 aromatic rings. The van der Waals surface area contributed by atoms with Gasteiger partial charge in [-0.15, -0.1) is 0 Å². The van der Waals surface area contributed by atoms with E-state index < -0.39 is 0 Å². The van der Waals surface area contributed by atoms with Crippen LogP contribution in [0.4, 0.5) is 0 Å². The van der Waals surface area contributed by atoms with Crippen LogP contribution in [-0.4, -0.2) is 28.2 Å². The van der Waals surface area contributed by atoms with Crippen molar-refractivity contribution in [3.63, 3.8) is 0 Å². The molecule has 84 valence electrons. The second-order valence-electron chi connectivity index (χ2n) is 3.85. The molecule has 1 atom stereocenters. The van der Waals surface area contributed by atoms with E-state index >= 15 is 0 Å². The smallest absolute Gasteiger partial charge is 0.226 e. The molecule has 0 radical (unpaired) electrons. The van der Waals surface area contributed by atoms with Gasteiger partial charge in [0.05, 0.1) is 0 Å². The lowest BCUT2D eigenvalue weighted by atomic mass is 10.1. The molecule has 1 saturated heterocycles. The maximum Gasteiger partial charge on any atom is 0.226 e. The molecule has 5 heteroatoms. The van der Waals surface area contributed by atoms with Gasteiger partial charge in [-0.05, 0) is 31.6 Å². The van der Waals surface area contributed by atoms with Crippen LogP contribution < -0.4 is 5.73 Å². The van der Waals surface area contributed by atoms with E-state index in [4.69, 9.17) is 10.3 Å². The van der Waals surface area contributed by atoms with E-state index in [1.165, 1.54) is 18.6 Å². The van der Waals surface area contributed by atoms with E-state index in [1.807, 2.05) is 11.8 Å². The van der Waals surface area contributed by atoms with Crippen molar-refractivity contribution < 1.29 is 4.52 Å². The highest BCUT2D eigenvalue weighted by atomic mass is 32.2. The molecule has 1 aromatic heterocycles. The average Bonchev–Trinajstić information content (AvgIpc) is 2.76. The highest BCUT2D eigenvalue weighted by molar-refractivity contribution is 7.99. The molecule has 0 saturated carbocycles. The summed E-state index contributed by atoms with van der Waals surface area (Å²) in [5.41, 5.74) is 5.43. The van der Waals surface area contributed by atoms with E-state index in [1.54, 1.807) is 0 Å². The summed E-state index contributed by atoms with van der Waals surface area (Å²) >= 11 is 1.98. The molecule has 0 amide bonds. The van der Waals surface area contributed by atoms with Gasteiger partial charge in [-0.3, -0.25) is 0 Å². The minimum atomic E-state index is 0.499. The molecule has 1 fully saturated rings. The molecule has 0 aromatic carbocycles. The summed E-state index contributed by atoms with van der Waals surface area (Å²) in [6.07, 6.45) is 4.19. The van der Waals surface area contributed by atoms with E-state index in [2.05, 4.69) is 10.1 Å². The fourth-order valence-electron chi connectivity index (χ4n) is 1.73. The molecule has 2 N–H and O–H groups in total. The molecule has 15 heavy (non-hydrogen) atoms. The van der Waals surface area contributed by atoms with Gasteiger partial charge in [0.2, 0.25) is 5.89 Å². The van der Waals surface area contributed by atoms with Gasteiger partial charge in [-0.1, -0.05) is 5.16 Å². The topological polar surface area (TPSA) is 64.9 Å². The first kappa shape index (κ1) is 11.0. The van der Waals surface area contributed by atoms with Crippen molar-refractivity contribution in [1.29, 1.82) is 0 Å². The number of rotatable bonds is 4. The molecular weight excluding hydrogens is 210 g/mol. The van der Waals surface area contributed by atoms with Gasteiger partial charge < -0.3 is 10.3 Å². The Bertz CT molecular complexity index is 297. The Morgan fingerprint density at radius 1 is 1.53 bits per heavy atom. The lowest BCUT2D eigenvalue weighted by Crippen LogP contribution is -2.10. The third kappa shape index (κ3) is 2.95. The Labute approximate surface area is 94.0 Å². The second-order valence-corrected chi connectivity index (χ2v) is 5.00. The Morgan fingerprint density at radius 2 is 2.47 bits per heavy atom. The minimum Gasteiger partial charge on any atom is -0.339 e. The predicted molar refractivity (Wildman–Crippen MR) is 61.0 cm³/mol. The van der Waals surface area contributed by atoms with Crippen LogP contribution in [0, 0.1) is 0 Å². The highest BCUT2D eigenvalue weighted by Crippen LogP contribution is 2.29. The van der Waals surface area contributed by atoms with Crippen LogP contribution in [0.5, 0.6) is 0 Å². The van der Waals surface area contributed by atoms with Crippen molar-refractivity contribution in [2.45, 2.75) is 31.6 Å². The molecule has 0 spiro atoms. The lowest BCUT2D eigenvalue weighted by Gasteiger charge is -2.17. The Hall–Kier alpha value is -0.550. The van der Waals surface area contributed by atoms with Crippen LogP contribution in [0.1, 0.15) is 36.9 Å². The number of aryl methyl sites for hydroxylation is 1. The molecular formula is C10H17N3OS. The van der Waals surface area contributed by atoms with Crippen LogP contribution >= 0.6 is 11.8 Å². The van der Waals surface area contributed by atoms with Crippen molar-refractivity contribution >= 4 is 11.8 Å². The first-order valence-corrected chi connectivity index (χ1v) is 6.66. The van der Waals surface area contributed by atoms with Crippen molar-refractivity contribution in [3.8, 4) is 0 Å². The van der Waals surface area contributed by atoms with Gasteiger partial charge in [-0.25, -0.2) is 0 Å². The average molecular weight is 227 g/mol. The fraction of sp³-hybridized carbons (Fsp3) is 0.800. The summed E-state index contributed by atoms with van der Waals surface area (Å²) in [5.74, 6) is 4.55. The van der Waals surface area contributed by atoms with E-state index in [0.717, 1.165) is 30.3 Å². The van der Waals surface area contributed by atoms with Crippen LogP contribution in [0.2, 0.25) is 0 Å². The van der Waals surface area contributed by atoms with Crippen LogP contribution in [0.3, 0.4) is 0 Å². The lowest BCUT2D eigenvalue weighted by molar-refractivity contribution is 0.367. The van der Waals surface area contributed by atoms with Crippen molar-refractivity contribution in [2.75, 3.05) is 18.1 Å². The van der Waals surface area contributed by atoms with Crippen LogP contribution in [0.25, 0.3) is 0 Å². The summed E-state index contributed by atoms with van der Waals surface area (Å²) < 4.78 is 5.19. The SMILES string of the molecule is NCCCc1nc(C2CCCSC2)no1. The molecule has 0 aliphatic carbocycles. The molecule has 0 bridgehead atoms. The number of nitrogens with two attached hydrogens (primary N) is 1. The molecule has 2 heterocycles. The fourth-order valence-corrected chi connectivity index (χ4v) is 2.87. The maximum atomic E-state index is 5.43. The van der Waals surface area contributed by atoms with Gasteiger partial charge in [0, 0.05) is 18.1 Å². The number of aromatic nitrogens is 2. The molecule has 1 unspecified atom stereocenters. The van der Waals surface area contributed by atoms with E-state index in [-0.39, 0.29) is 0 Å². The van der Waals surface area contributed by atoms with Gasteiger partial charge in [0.15, 0.2) is 5.82 Å². The zero-order valence-corrected chi connectivity index (χ0v) is 9.63. The quantitative estimate of drug-likeness (QED) is 0.846. The zero-order valence-electron chi connectivity index (χ0n) is 8.82. The summed E-state index contributed by atoms with van der Waals surface area (Å²) in [6, 6.07) is 0. The normalized spacial score (nSPS) is 21.8. The second kappa shape index (κ2) is 5.51. The van der Waals surface area contributed by atoms with Crippen molar-refractivity contribution in [1.82, 2.24) is 10.1 Å². The summed E-state index contributed by atoms with van der Waals surface area (Å²) in [5, 5.41) is 4.05. The van der Waals surface area contributed by atoms with Crippen molar-refractivity contribution in [2.24, 2.45) is 5.73 Å². The number of hydrogen-bond acceptors (Lipinski definition) is 5. The molecule has 1 aliphatic heterocycles. The predicted octanol–water partition coefficient (Wildman–Crippen LogP) is 1.57. The van der Waals surface area contributed by atoms with E-state index in [9.17, 15) is 0 Å². The van der Waals surface area contributed by atoms with Gasteiger partial charge in [0.1, 0.15) is 0 Å². The third-order valence-corrected chi connectivity index (χ3v) is 3.82. The van der Waals surface area contributed by atoms with Crippen LogP contribution in [-0.2, 0) is 6.42 Å². The summed E-state index contributed by atoms with van der Waals surface area (Å²) in [7, 11) is 0. The largest absolute Gasteiger partial charge is 0.339 e. The first-order valence-electron chi connectivity index (χ1n) is 5.50. The molecule has 1 aliphatic rings. The molecule has 2 rings (SSSR count). The number of hydrogen-bond donors (Lipinski definition) is 1. The number of nitrogens with zero attached hydrogens (tertiary/aromatic N) is 2.